The quantitative estimate of drug-likeness (QED) is 0.392. The summed E-state index contributed by atoms with van der Waals surface area (Å²) in [5, 5.41) is 11.8. The number of anilines is 1. The molecule has 0 aliphatic carbocycles. The van der Waals surface area contributed by atoms with Crippen molar-refractivity contribution >= 4 is 11.5 Å². The molecule has 21 heavy (non-hydrogen) atoms. The van der Waals surface area contributed by atoms with Crippen LogP contribution in [0.2, 0.25) is 0 Å². The van der Waals surface area contributed by atoms with Gasteiger partial charge >= 0.3 is 0 Å². The smallest absolute Gasteiger partial charge is 0.170 e. The Morgan fingerprint density at radius 2 is 1.95 bits per heavy atom. The van der Waals surface area contributed by atoms with E-state index in [0.717, 1.165) is 23.4 Å². The van der Waals surface area contributed by atoms with Crippen LogP contribution in [0.4, 0.5) is 5.69 Å². The molecule has 110 valence electrons. The SMILES string of the molecule is Cc1cccc(CN(C)c2ccc(/C(N)=N/O)c(C)c2)c1. The third-order valence-corrected chi connectivity index (χ3v) is 3.54. The Kier molecular flexibility index (Phi) is 4.48. The van der Waals surface area contributed by atoms with Gasteiger partial charge in [-0.3, -0.25) is 0 Å². The van der Waals surface area contributed by atoms with Crippen LogP contribution in [0.1, 0.15) is 22.3 Å². The Bertz CT molecular complexity index is 665. The molecule has 0 unspecified atom stereocenters. The molecular weight excluding hydrogens is 262 g/mol. The third kappa shape index (κ3) is 3.54. The second kappa shape index (κ2) is 6.31. The molecule has 0 aromatic heterocycles. The maximum absolute atomic E-state index is 8.76. The van der Waals surface area contributed by atoms with Gasteiger partial charge in [0.05, 0.1) is 0 Å². The number of rotatable bonds is 4. The van der Waals surface area contributed by atoms with Gasteiger partial charge in [0.15, 0.2) is 5.84 Å². The lowest BCUT2D eigenvalue weighted by molar-refractivity contribution is 0.318. The van der Waals surface area contributed by atoms with E-state index in [4.69, 9.17) is 10.9 Å². The second-order valence-corrected chi connectivity index (χ2v) is 5.33. The van der Waals surface area contributed by atoms with E-state index in [9.17, 15) is 0 Å². The first kappa shape index (κ1) is 14.9. The first-order valence-corrected chi connectivity index (χ1v) is 6.86. The van der Waals surface area contributed by atoms with Crippen molar-refractivity contribution in [3.63, 3.8) is 0 Å². The van der Waals surface area contributed by atoms with E-state index in [0.29, 0.717) is 0 Å². The van der Waals surface area contributed by atoms with Crippen molar-refractivity contribution in [1.82, 2.24) is 0 Å². The predicted octanol–water partition coefficient (Wildman–Crippen LogP) is 3.03. The predicted molar refractivity (Wildman–Crippen MR) is 87.0 cm³/mol. The summed E-state index contributed by atoms with van der Waals surface area (Å²) in [7, 11) is 2.06. The zero-order valence-electron chi connectivity index (χ0n) is 12.7. The highest BCUT2D eigenvalue weighted by Crippen LogP contribution is 2.20. The van der Waals surface area contributed by atoms with Crippen LogP contribution in [0.15, 0.2) is 47.6 Å². The van der Waals surface area contributed by atoms with E-state index in [-0.39, 0.29) is 5.84 Å². The summed E-state index contributed by atoms with van der Waals surface area (Å²) in [6.45, 7) is 4.89. The van der Waals surface area contributed by atoms with Gasteiger partial charge in [-0.15, -0.1) is 0 Å². The van der Waals surface area contributed by atoms with Gasteiger partial charge in [-0.05, 0) is 43.2 Å². The van der Waals surface area contributed by atoms with Crippen LogP contribution in [-0.4, -0.2) is 18.1 Å². The number of benzene rings is 2. The van der Waals surface area contributed by atoms with E-state index in [1.165, 1.54) is 11.1 Å². The number of nitrogens with two attached hydrogens (primary N) is 1. The molecule has 0 fully saturated rings. The Labute approximate surface area is 125 Å². The number of aryl methyl sites for hydroxylation is 2. The van der Waals surface area contributed by atoms with Crippen molar-refractivity contribution in [2.24, 2.45) is 10.9 Å². The van der Waals surface area contributed by atoms with Gasteiger partial charge in [0.1, 0.15) is 0 Å². The third-order valence-electron chi connectivity index (χ3n) is 3.54. The second-order valence-electron chi connectivity index (χ2n) is 5.33. The minimum Gasteiger partial charge on any atom is -0.409 e. The summed E-state index contributed by atoms with van der Waals surface area (Å²) in [4.78, 5) is 2.18. The van der Waals surface area contributed by atoms with E-state index in [1.807, 2.05) is 25.1 Å². The van der Waals surface area contributed by atoms with Gasteiger partial charge in [0, 0.05) is 24.8 Å². The molecule has 0 spiro atoms. The topological polar surface area (TPSA) is 61.8 Å². The normalized spacial score (nSPS) is 11.5. The summed E-state index contributed by atoms with van der Waals surface area (Å²) in [5.74, 6) is 0.139. The first-order valence-electron chi connectivity index (χ1n) is 6.86. The molecule has 0 radical (unpaired) electrons. The highest BCUT2D eigenvalue weighted by molar-refractivity contribution is 5.98. The van der Waals surface area contributed by atoms with Crippen LogP contribution in [0.3, 0.4) is 0 Å². The van der Waals surface area contributed by atoms with Crippen LogP contribution < -0.4 is 10.6 Å². The average Bonchev–Trinajstić information content (AvgIpc) is 2.46. The van der Waals surface area contributed by atoms with Crippen molar-refractivity contribution in [3.05, 3.63) is 64.7 Å². The fraction of sp³-hybridized carbons (Fsp3) is 0.235. The van der Waals surface area contributed by atoms with Gasteiger partial charge in [0.25, 0.3) is 0 Å². The summed E-state index contributed by atoms with van der Waals surface area (Å²) < 4.78 is 0. The largest absolute Gasteiger partial charge is 0.409 e. The van der Waals surface area contributed by atoms with Gasteiger partial charge in [0.2, 0.25) is 0 Å². The molecule has 0 amide bonds. The minimum absolute atomic E-state index is 0.139. The van der Waals surface area contributed by atoms with Crippen LogP contribution in [0.25, 0.3) is 0 Å². The molecular formula is C17H21N3O. The van der Waals surface area contributed by atoms with E-state index in [2.05, 4.69) is 48.3 Å². The summed E-state index contributed by atoms with van der Waals surface area (Å²) in [5.41, 5.74) is 11.0. The Morgan fingerprint density at radius 3 is 2.57 bits per heavy atom. The van der Waals surface area contributed by atoms with Crippen LogP contribution in [0.5, 0.6) is 0 Å². The lowest BCUT2D eigenvalue weighted by Gasteiger charge is -2.21. The first-order chi connectivity index (χ1) is 10.0. The van der Waals surface area contributed by atoms with Gasteiger partial charge in [-0.1, -0.05) is 35.0 Å². The lowest BCUT2D eigenvalue weighted by atomic mass is 10.1. The molecule has 4 heteroatoms. The van der Waals surface area contributed by atoms with Crippen molar-refractivity contribution in [2.75, 3.05) is 11.9 Å². The zero-order valence-corrected chi connectivity index (χ0v) is 12.7. The highest BCUT2D eigenvalue weighted by Gasteiger charge is 2.08. The standard InChI is InChI=1S/C17H21N3O/c1-12-5-4-6-14(9-12)11-20(3)15-7-8-16(13(2)10-15)17(18)19-21/h4-10,21H,11H2,1-3H3,(H2,18,19). The summed E-state index contributed by atoms with van der Waals surface area (Å²) in [6, 6.07) is 14.4. The van der Waals surface area contributed by atoms with Gasteiger partial charge in [-0.25, -0.2) is 0 Å². The molecule has 2 aromatic rings. The van der Waals surface area contributed by atoms with E-state index < -0.39 is 0 Å². The van der Waals surface area contributed by atoms with E-state index >= 15 is 0 Å². The number of hydrogen-bond acceptors (Lipinski definition) is 3. The molecule has 2 aromatic carbocycles. The molecule has 0 bridgehead atoms. The van der Waals surface area contributed by atoms with Gasteiger partial charge < -0.3 is 15.8 Å². The maximum Gasteiger partial charge on any atom is 0.170 e. The van der Waals surface area contributed by atoms with Crippen LogP contribution in [0, 0.1) is 13.8 Å². The van der Waals surface area contributed by atoms with E-state index in [1.54, 1.807) is 0 Å². The molecule has 0 aliphatic heterocycles. The van der Waals surface area contributed by atoms with Crippen molar-refractivity contribution in [2.45, 2.75) is 20.4 Å². The fourth-order valence-corrected chi connectivity index (χ4v) is 2.40. The molecule has 2 rings (SSSR count). The Morgan fingerprint density at radius 1 is 1.19 bits per heavy atom. The van der Waals surface area contributed by atoms with Crippen molar-refractivity contribution in [1.29, 1.82) is 0 Å². The molecule has 4 nitrogen and oxygen atoms in total. The highest BCUT2D eigenvalue weighted by atomic mass is 16.4. The molecule has 0 heterocycles. The monoisotopic (exact) mass is 283 g/mol. The molecule has 3 N–H and O–H groups in total. The molecule has 0 aliphatic rings. The number of nitrogens with zero attached hydrogens (tertiary/aromatic N) is 2. The Balaban J connectivity index is 2.20. The molecule has 0 atom stereocenters. The number of amidine groups is 1. The lowest BCUT2D eigenvalue weighted by Crippen LogP contribution is -2.18. The minimum atomic E-state index is 0.139. The van der Waals surface area contributed by atoms with Crippen LogP contribution >= 0.6 is 0 Å². The van der Waals surface area contributed by atoms with Gasteiger partial charge in [-0.2, -0.15) is 0 Å². The van der Waals surface area contributed by atoms with Crippen LogP contribution in [-0.2, 0) is 6.54 Å². The fourth-order valence-electron chi connectivity index (χ4n) is 2.40. The number of oxime groups is 1. The molecule has 0 saturated carbocycles. The average molecular weight is 283 g/mol. The molecule has 0 saturated heterocycles. The number of hydrogen-bond donors (Lipinski definition) is 2. The zero-order chi connectivity index (χ0) is 15.4. The van der Waals surface area contributed by atoms with Crippen molar-refractivity contribution < 1.29 is 5.21 Å². The summed E-state index contributed by atoms with van der Waals surface area (Å²) >= 11 is 0. The Hall–Kier alpha value is -2.49. The summed E-state index contributed by atoms with van der Waals surface area (Å²) in [6.07, 6.45) is 0. The van der Waals surface area contributed by atoms with Crippen molar-refractivity contribution in [3.8, 4) is 0 Å². The maximum atomic E-state index is 8.76.